The van der Waals surface area contributed by atoms with Crippen molar-refractivity contribution in [1.29, 1.82) is 0 Å². The average Bonchev–Trinajstić information content (AvgIpc) is 3.83. The first kappa shape index (κ1) is 26.9. The molecular formula is C29H23F2N9O2S. The zero-order valence-electron chi connectivity index (χ0n) is 22.5. The number of carbonyl (C=O) groups is 1. The zero-order chi connectivity index (χ0) is 29.3. The Morgan fingerprint density at radius 1 is 0.930 bits per heavy atom. The molecule has 1 saturated heterocycles. The number of nitrogens with zero attached hydrogens (tertiary/aromatic N) is 9. The van der Waals surface area contributed by atoms with Crippen molar-refractivity contribution in [2.45, 2.75) is 12.6 Å². The van der Waals surface area contributed by atoms with Gasteiger partial charge in [-0.15, -0.1) is 10.2 Å². The van der Waals surface area contributed by atoms with E-state index in [1.165, 1.54) is 11.5 Å². The number of halogens is 2. The number of benzene rings is 2. The molecule has 0 aliphatic carbocycles. The van der Waals surface area contributed by atoms with Gasteiger partial charge in [0.05, 0.1) is 10.9 Å². The Balaban J connectivity index is 1.08. The molecule has 11 nitrogen and oxygen atoms in total. The van der Waals surface area contributed by atoms with Gasteiger partial charge in [0.2, 0.25) is 5.89 Å². The molecule has 43 heavy (non-hydrogen) atoms. The van der Waals surface area contributed by atoms with Crippen molar-refractivity contribution in [1.82, 2.24) is 44.3 Å². The Bertz CT molecular complexity index is 1870. The Kier molecular flexibility index (Phi) is 7.12. The number of piperazine rings is 1. The summed E-state index contributed by atoms with van der Waals surface area (Å²) in [7, 11) is 0. The van der Waals surface area contributed by atoms with E-state index in [0.717, 1.165) is 16.0 Å². The highest BCUT2D eigenvalue weighted by molar-refractivity contribution is 7.09. The minimum atomic E-state index is -2.88. The summed E-state index contributed by atoms with van der Waals surface area (Å²) in [5.41, 5.74) is 4.12. The molecule has 6 aromatic rings. The minimum absolute atomic E-state index is 0.179. The Morgan fingerprint density at radius 3 is 2.51 bits per heavy atom. The highest BCUT2D eigenvalue weighted by Gasteiger charge is 2.32. The van der Waals surface area contributed by atoms with Crippen molar-refractivity contribution >= 4 is 28.5 Å². The second kappa shape index (κ2) is 11.4. The van der Waals surface area contributed by atoms with E-state index in [1.54, 1.807) is 29.4 Å². The zero-order valence-corrected chi connectivity index (χ0v) is 23.3. The minimum Gasteiger partial charge on any atom is -0.436 e. The third-order valence-corrected chi connectivity index (χ3v) is 8.08. The molecule has 216 valence electrons. The summed E-state index contributed by atoms with van der Waals surface area (Å²) < 4.78 is 36.5. The van der Waals surface area contributed by atoms with Crippen LogP contribution < -0.4 is 0 Å². The topological polar surface area (TPSA) is 119 Å². The fourth-order valence-corrected chi connectivity index (χ4v) is 5.77. The van der Waals surface area contributed by atoms with Crippen LogP contribution in [-0.2, 0) is 0 Å². The number of aromatic nitrogens is 7. The van der Waals surface area contributed by atoms with Gasteiger partial charge < -0.3 is 9.32 Å². The van der Waals surface area contributed by atoms with Gasteiger partial charge in [-0.2, -0.15) is 8.78 Å². The molecule has 1 atom stereocenters. The molecule has 2 aromatic carbocycles. The number of amides is 1. The first-order valence-corrected chi connectivity index (χ1v) is 14.2. The van der Waals surface area contributed by atoms with E-state index in [2.05, 4.69) is 34.7 Å². The molecule has 4 aromatic heterocycles. The second-order valence-corrected chi connectivity index (χ2v) is 10.7. The van der Waals surface area contributed by atoms with E-state index < -0.39 is 12.6 Å². The first-order valence-electron chi connectivity index (χ1n) is 13.5. The van der Waals surface area contributed by atoms with E-state index in [9.17, 15) is 13.6 Å². The molecule has 1 aliphatic rings. The molecule has 0 spiro atoms. The second-order valence-electron chi connectivity index (χ2n) is 9.90. The highest BCUT2D eigenvalue weighted by atomic mass is 32.1. The van der Waals surface area contributed by atoms with Crippen LogP contribution in [0, 0.1) is 0 Å². The number of oxazole rings is 1. The molecule has 0 radical (unpaired) electrons. The van der Waals surface area contributed by atoms with Crippen molar-refractivity contribution in [3.63, 3.8) is 0 Å². The van der Waals surface area contributed by atoms with Crippen LogP contribution in [0.5, 0.6) is 0 Å². The number of alkyl halides is 2. The van der Waals surface area contributed by atoms with Crippen molar-refractivity contribution in [3.05, 3.63) is 96.2 Å². The van der Waals surface area contributed by atoms with Crippen molar-refractivity contribution in [2.75, 3.05) is 26.2 Å². The van der Waals surface area contributed by atoms with Gasteiger partial charge in [0, 0.05) is 44.1 Å². The van der Waals surface area contributed by atoms with E-state index in [0.29, 0.717) is 53.5 Å². The molecule has 0 bridgehead atoms. The fourth-order valence-electron chi connectivity index (χ4n) is 5.18. The molecule has 0 N–H and O–H groups in total. The fraction of sp³-hybridized carbons (Fsp3) is 0.207. The van der Waals surface area contributed by atoms with Gasteiger partial charge in [-0.25, -0.2) is 9.36 Å². The summed E-state index contributed by atoms with van der Waals surface area (Å²) in [6, 6.07) is 20.1. The van der Waals surface area contributed by atoms with Crippen LogP contribution in [0.1, 0.15) is 34.5 Å². The van der Waals surface area contributed by atoms with Gasteiger partial charge in [-0.05, 0) is 64.3 Å². The SMILES string of the molecule is O=C(c1cc(-c2nc3cc(-c4ccns4)ccc3o2)ccn1)N1CCN(C(c2ccccc2)c2nnn(C(F)F)n2)CC1. The molecule has 1 unspecified atom stereocenters. The average molecular weight is 600 g/mol. The predicted octanol–water partition coefficient (Wildman–Crippen LogP) is 4.94. The molecule has 1 amide bonds. The molecule has 5 heterocycles. The van der Waals surface area contributed by atoms with Crippen LogP contribution in [0.25, 0.3) is 33.0 Å². The van der Waals surface area contributed by atoms with E-state index in [1.807, 2.05) is 54.6 Å². The molecule has 1 fully saturated rings. The van der Waals surface area contributed by atoms with Crippen molar-refractivity contribution in [3.8, 4) is 21.9 Å². The standard InChI is InChI=1S/C29H23F2N9O2S/c30-29(31)40-36-26(35-37-40)25(18-4-2-1-3-5-18)38-12-14-39(15-13-38)28(41)22-17-20(8-10-32-22)27-34-21-16-19(6-7-23(21)42-27)24-9-11-33-43-24/h1-11,16-17,25,29H,12-15H2. The molecule has 1 aliphatic heterocycles. The van der Waals surface area contributed by atoms with Gasteiger partial charge in [-0.3, -0.25) is 14.7 Å². The first-order chi connectivity index (χ1) is 21.0. The largest absolute Gasteiger partial charge is 0.436 e. The van der Waals surface area contributed by atoms with Crippen LogP contribution in [-0.4, -0.2) is 76.4 Å². The normalized spacial score (nSPS) is 14.9. The Morgan fingerprint density at radius 2 is 1.77 bits per heavy atom. The lowest BCUT2D eigenvalue weighted by atomic mass is 10.0. The number of hydrogen-bond acceptors (Lipinski definition) is 10. The van der Waals surface area contributed by atoms with Gasteiger partial charge in [0.1, 0.15) is 11.2 Å². The van der Waals surface area contributed by atoms with Crippen LogP contribution in [0.2, 0.25) is 0 Å². The monoisotopic (exact) mass is 599 g/mol. The summed E-state index contributed by atoms with van der Waals surface area (Å²) >= 11 is 1.41. The Hall–Kier alpha value is -4.95. The maximum atomic E-state index is 13.5. The van der Waals surface area contributed by atoms with Gasteiger partial charge >= 0.3 is 6.55 Å². The predicted molar refractivity (Wildman–Crippen MR) is 153 cm³/mol. The van der Waals surface area contributed by atoms with Crippen LogP contribution in [0.3, 0.4) is 0 Å². The number of carbonyl (C=O) groups excluding carboxylic acids is 1. The van der Waals surface area contributed by atoms with Crippen LogP contribution in [0.15, 0.2) is 83.5 Å². The summed E-state index contributed by atoms with van der Waals surface area (Å²) in [6.07, 6.45) is 3.33. The molecule has 7 rings (SSSR count). The third-order valence-electron chi connectivity index (χ3n) is 7.28. The van der Waals surface area contributed by atoms with Crippen molar-refractivity contribution in [2.24, 2.45) is 0 Å². The maximum absolute atomic E-state index is 13.5. The van der Waals surface area contributed by atoms with E-state index in [-0.39, 0.29) is 17.4 Å². The number of rotatable bonds is 7. The molecular weight excluding hydrogens is 576 g/mol. The van der Waals surface area contributed by atoms with Crippen LogP contribution in [0.4, 0.5) is 8.78 Å². The van der Waals surface area contributed by atoms with E-state index in [4.69, 9.17) is 4.42 Å². The quantitative estimate of drug-likeness (QED) is 0.251. The Labute approximate surface area is 247 Å². The summed E-state index contributed by atoms with van der Waals surface area (Å²) in [5.74, 6) is 0.356. The molecule has 0 saturated carbocycles. The third kappa shape index (κ3) is 5.37. The number of fused-ring (bicyclic) bond motifs is 1. The summed E-state index contributed by atoms with van der Waals surface area (Å²) in [4.78, 5) is 27.6. The lowest BCUT2D eigenvalue weighted by molar-refractivity contribution is 0.0385. The smallest absolute Gasteiger partial charge is 0.350 e. The van der Waals surface area contributed by atoms with Gasteiger partial charge in [0.25, 0.3) is 5.91 Å². The van der Waals surface area contributed by atoms with Gasteiger partial charge in [0.15, 0.2) is 11.4 Å². The molecule has 14 heteroatoms. The lowest BCUT2D eigenvalue weighted by Crippen LogP contribution is -2.50. The van der Waals surface area contributed by atoms with Crippen LogP contribution >= 0.6 is 11.5 Å². The number of pyridine rings is 1. The summed E-state index contributed by atoms with van der Waals surface area (Å²) in [5, 5.41) is 11.4. The van der Waals surface area contributed by atoms with Crippen molar-refractivity contribution < 1.29 is 18.0 Å². The van der Waals surface area contributed by atoms with E-state index >= 15 is 0 Å². The number of tetrazole rings is 1. The lowest BCUT2D eigenvalue weighted by Gasteiger charge is -2.38. The maximum Gasteiger partial charge on any atom is 0.350 e. The number of hydrogen-bond donors (Lipinski definition) is 0. The van der Waals surface area contributed by atoms with Gasteiger partial charge in [-0.1, -0.05) is 35.1 Å². The summed E-state index contributed by atoms with van der Waals surface area (Å²) in [6.45, 7) is -1.13. The highest BCUT2D eigenvalue weighted by Crippen LogP contribution is 2.31.